The number of aromatic nitrogens is 3. The summed E-state index contributed by atoms with van der Waals surface area (Å²) in [5.74, 6) is -1.05. The molecule has 2 aromatic rings. The molecule has 1 aromatic heterocycles. The van der Waals surface area contributed by atoms with Crippen molar-refractivity contribution in [2.75, 3.05) is 0 Å². The highest BCUT2D eigenvalue weighted by molar-refractivity contribution is 9.10. The number of carboxylic acid groups (broad SMARTS) is 1. The van der Waals surface area contributed by atoms with Gasteiger partial charge in [0.25, 0.3) is 0 Å². The van der Waals surface area contributed by atoms with Crippen molar-refractivity contribution in [3.8, 4) is 5.69 Å². The van der Waals surface area contributed by atoms with E-state index in [0.717, 1.165) is 10.2 Å². The van der Waals surface area contributed by atoms with E-state index in [4.69, 9.17) is 10.8 Å². The molecule has 0 radical (unpaired) electrons. The monoisotopic (exact) mass is 310 g/mol. The third-order valence-electron chi connectivity index (χ3n) is 2.39. The molecule has 18 heavy (non-hydrogen) atoms. The molecule has 1 aromatic carbocycles. The van der Waals surface area contributed by atoms with Gasteiger partial charge in [0.05, 0.1) is 17.6 Å². The Balaban J connectivity index is 2.21. The van der Waals surface area contributed by atoms with Crippen LogP contribution in [-0.2, 0) is 11.2 Å². The van der Waals surface area contributed by atoms with Gasteiger partial charge in [0, 0.05) is 10.9 Å². The number of hydrogen-bond acceptors (Lipinski definition) is 4. The zero-order valence-electron chi connectivity index (χ0n) is 9.32. The van der Waals surface area contributed by atoms with E-state index in [2.05, 4.69) is 26.2 Å². The van der Waals surface area contributed by atoms with E-state index in [1.807, 2.05) is 24.3 Å². The lowest BCUT2D eigenvalue weighted by Gasteiger charge is -2.03. The van der Waals surface area contributed by atoms with Crippen LogP contribution in [0.3, 0.4) is 0 Å². The van der Waals surface area contributed by atoms with Gasteiger partial charge in [-0.3, -0.25) is 4.79 Å². The number of carbonyl (C=O) groups is 1. The molecule has 94 valence electrons. The van der Waals surface area contributed by atoms with Crippen LogP contribution in [0.25, 0.3) is 5.69 Å². The number of nitrogens with zero attached hydrogens (tertiary/aromatic N) is 3. The molecule has 0 saturated heterocycles. The highest BCUT2D eigenvalue weighted by atomic mass is 79.9. The SMILES string of the molecule is NC(Cc1cn(-c2ccccc2Br)nn1)C(=O)O. The zero-order chi connectivity index (χ0) is 13.1. The van der Waals surface area contributed by atoms with E-state index in [9.17, 15) is 4.79 Å². The van der Waals surface area contributed by atoms with Crippen molar-refractivity contribution in [3.05, 3.63) is 40.6 Å². The second-order valence-electron chi connectivity index (χ2n) is 3.75. The van der Waals surface area contributed by atoms with Crippen LogP contribution >= 0.6 is 15.9 Å². The molecule has 1 heterocycles. The number of benzene rings is 1. The Bertz CT molecular complexity index is 570. The van der Waals surface area contributed by atoms with Crippen molar-refractivity contribution in [2.24, 2.45) is 5.73 Å². The van der Waals surface area contributed by atoms with Crippen molar-refractivity contribution in [1.29, 1.82) is 0 Å². The molecule has 1 atom stereocenters. The fourth-order valence-electron chi connectivity index (χ4n) is 1.46. The average molecular weight is 311 g/mol. The van der Waals surface area contributed by atoms with Crippen LogP contribution in [0.2, 0.25) is 0 Å². The van der Waals surface area contributed by atoms with E-state index in [1.165, 1.54) is 0 Å². The number of para-hydroxylation sites is 1. The van der Waals surface area contributed by atoms with Gasteiger partial charge >= 0.3 is 5.97 Å². The van der Waals surface area contributed by atoms with E-state index >= 15 is 0 Å². The van der Waals surface area contributed by atoms with Crippen molar-refractivity contribution >= 4 is 21.9 Å². The third-order valence-corrected chi connectivity index (χ3v) is 3.06. The van der Waals surface area contributed by atoms with Crippen LogP contribution in [-0.4, -0.2) is 32.1 Å². The van der Waals surface area contributed by atoms with Crippen LogP contribution in [0.5, 0.6) is 0 Å². The standard InChI is InChI=1S/C11H11BrN4O2/c12-8-3-1-2-4-10(8)16-6-7(14-15-16)5-9(13)11(17)18/h1-4,6,9H,5,13H2,(H,17,18). The van der Waals surface area contributed by atoms with Crippen LogP contribution in [0.4, 0.5) is 0 Å². The van der Waals surface area contributed by atoms with Gasteiger partial charge in [-0.25, -0.2) is 4.68 Å². The lowest BCUT2D eigenvalue weighted by molar-refractivity contribution is -0.138. The minimum absolute atomic E-state index is 0.153. The fraction of sp³-hybridized carbons (Fsp3) is 0.182. The van der Waals surface area contributed by atoms with Crippen molar-refractivity contribution < 1.29 is 9.90 Å². The maximum absolute atomic E-state index is 10.6. The lowest BCUT2D eigenvalue weighted by atomic mass is 10.2. The van der Waals surface area contributed by atoms with Crippen molar-refractivity contribution in [3.63, 3.8) is 0 Å². The Morgan fingerprint density at radius 3 is 2.89 bits per heavy atom. The first-order valence-electron chi connectivity index (χ1n) is 5.22. The summed E-state index contributed by atoms with van der Waals surface area (Å²) >= 11 is 3.41. The molecule has 0 aliphatic heterocycles. The minimum atomic E-state index is -1.05. The maximum Gasteiger partial charge on any atom is 0.320 e. The summed E-state index contributed by atoms with van der Waals surface area (Å²) in [4.78, 5) is 10.6. The Morgan fingerprint density at radius 2 is 2.22 bits per heavy atom. The Kier molecular flexibility index (Phi) is 3.73. The molecule has 0 fully saturated rings. The maximum atomic E-state index is 10.6. The molecular weight excluding hydrogens is 300 g/mol. The van der Waals surface area contributed by atoms with Gasteiger partial charge in [0.1, 0.15) is 6.04 Å². The second kappa shape index (κ2) is 5.28. The molecule has 6 nitrogen and oxygen atoms in total. The smallest absolute Gasteiger partial charge is 0.320 e. The molecule has 0 amide bonds. The number of rotatable bonds is 4. The normalized spacial score (nSPS) is 12.3. The molecule has 3 N–H and O–H groups in total. The molecule has 2 rings (SSSR count). The van der Waals surface area contributed by atoms with Gasteiger partial charge in [-0.15, -0.1) is 5.10 Å². The highest BCUT2D eigenvalue weighted by Gasteiger charge is 2.15. The molecule has 0 spiro atoms. The van der Waals surface area contributed by atoms with Gasteiger partial charge < -0.3 is 10.8 Å². The molecular formula is C11H11BrN4O2. The molecule has 0 saturated carbocycles. The van der Waals surface area contributed by atoms with Crippen LogP contribution in [0.15, 0.2) is 34.9 Å². The summed E-state index contributed by atoms with van der Waals surface area (Å²) in [6.07, 6.45) is 1.82. The van der Waals surface area contributed by atoms with Crippen LogP contribution in [0, 0.1) is 0 Å². The van der Waals surface area contributed by atoms with E-state index < -0.39 is 12.0 Å². The largest absolute Gasteiger partial charge is 0.480 e. The van der Waals surface area contributed by atoms with E-state index in [-0.39, 0.29) is 6.42 Å². The number of nitrogens with two attached hydrogens (primary N) is 1. The molecule has 0 aliphatic carbocycles. The molecule has 1 unspecified atom stereocenters. The predicted octanol–water partition coefficient (Wildman–Crippen LogP) is 0.984. The number of halogens is 1. The quantitative estimate of drug-likeness (QED) is 0.878. The summed E-state index contributed by atoms with van der Waals surface area (Å²) in [5.41, 5.74) is 6.82. The Morgan fingerprint density at radius 1 is 1.50 bits per heavy atom. The summed E-state index contributed by atoms with van der Waals surface area (Å²) in [5, 5.41) is 16.6. The van der Waals surface area contributed by atoms with Gasteiger partial charge in [-0.05, 0) is 28.1 Å². The summed E-state index contributed by atoms with van der Waals surface area (Å²) < 4.78 is 2.46. The molecule has 0 aliphatic rings. The van der Waals surface area contributed by atoms with Crippen molar-refractivity contribution in [2.45, 2.75) is 12.5 Å². The second-order valence-corrected chi connectivity index (χ2v) is 4.61. The first-order valence-corrected chi connectivity index (χ1v) is 6.01. The number of aliphatic carboxylic acids is 1. The van der Waals surface area contributed by atoms with Gasteiger partial charge in [0.2, 0.25) is 0 Å². The summed E-state index contributed by atoms with van der Waals surface area (Å²) in [6, 6.07) is 6.57. The van der Waals surface area contributed by atoms with Crippen LogP contribution < -0.4 is 5.73 Å². The third kappa shape index (κ3) is 2.74. The first kappa shape index (κ1) is 12.7. The molecule has 0 bridgehead atoms. The van der Waals surface area contributed by atoms with E-state index in [1.54, 1.807) is 10.9 Å². The molecule has 7 heteroatoms. The topological polar surface area (TPSA) is 94.0 Å². The summed E-state index contributed by atoms with van der Waals surface area (Å²) in [7, 11) is 0. The van der Waals surface area contributed by atoms with E-state index in [0.29, 0.717) is 5.69 Å². The van der Waals surface area contributed by atoms with Crippen LogP contribution in [0.1, 0.15) is 5.69 Å². The highest BCUT2D eigenvalue weighted by Crippen LogP contribution is 2.19. The van der Waals surface area contributed by atoms with Crippen molar-refractivity contribution in [1.82, 2.24) is 15.0 Å². The van der Waals surface area contributed by atoms with Gasteiger partial charge in [0.15, 0.2) is 0 Å². The Labute approximate surface area is 112 Å². The number of carboxylic acids is 1. The number of hydrogen-bond donors (Lipinski definition) is 2. The lowest BCUT2D eigenvalue weighted by Crippen LogP contribution is -2.32. The first-order chi connectivity index (χ1) is 8.58. The zero-order valence-corrected chi connectivity index (χ0v) is 10.9. The van der Waals surface area contributed by atoms with Gasteiger partial charge in [-0.2, -0.15) is 0 Å². The predicted molar refractivity (Wildman–Crippen MR) is 68.4 cm³/mol. The van der Waals surface area contributed by atoms with Gasteiger partial charge in [-0.1, -0.05) is 17.3 Å². The average Bonchev–Trinajstić information content (AvgIpc) is 2.77. The fourth-order valence-corrected chi connectivity index (χ4v) is 1.93. The minimum Gasteiger partial charge on any atom is -0.480 e. The Hall–Kier alpha value is -1.73. The summed E-state index contributed by atoms with van der Waals surface area (Å²) in [6.45, 7) is 0.